The summed E-state index contributed by atoms with van der Waals surface area (Å²) in [6.07, 6.45) is 11.5. The first-order valence-electron chi connectivity index (χ1n) is 9.68. The number of hydrogen-bond donors (Lipinski definition) is 1. The summed E-state index contributed by atoms with van der Waals surface area (Å²) in [7, 11) is 0. The quantitative estimate of drug-likeness (QED) is 0.738. The summed E-state index contributed by atoms with van der Waals surface area (Å²) in [4.78, 5) is 0. The molecule has 1 aliphatic heterocycles. The number of aliphatic hydroxyl groups excluding tert-OH is 1. The van der Waals surface area contributed by atoms with Crippen LogP contribution in [-0.2, 0) is 4.74 Å². The normalized spacial score (nSPS) is 61.1. The minimum atomic E-state index is -0.109. The van der Waals surface area contributed by atoms with Crippen LogP contribution in [0.1, 0.15) is 72.1 Å². The van der Waals surface area contributed by atoms with Gasteiger partial charge in [0.15, 0.2) is 0 Å². The Balaban J connectivity index is 1.57. The molecule has 0 aromatic rings. The Hall–Kier alpha value is -0.0800. The summed E-state index contributed by atoms with van der Waals surface area (Å²) < 4.78 is 6.24. The standard InChI is InChI=1S/C20H32O2/c1-17(2)8-4-9-18(3)14(17)7-10-19-11-13(5-6-15(18)19)20(12-21)16(19)22-20/h13-16,21H,4-12H2,1-3H3/t13?,14-,15+,16-,18-,19?,20+/m1/s1. The SMILES string of the molecule is CC1(C)CCC[C@]2(C)[C@@H]1CCC13CC(CC[C@H]12)[C@]1(CO)O[C@H]31. The summed E-state index contributed by atoms with van der Waals surface area (Å²) in [6, 6.07) is 0. The molecule has 2 heteroatoms. The Bertz CT molecular complexity index is 514. The number of ether oxygens (including phenoxy) is 1. The number of fused-ring (bicyclic) bond motifs is 5. The van der Waals surface area contributed by atoms with Crippen molar-refractivity contribution in [2.45, 2.75) is 83.8 Å². The molecule has 7 atom stereocenters. The van der Waals surface area contributed by atoms with Gasteiger partial charge in [0.2, 0.25) is 0 Å². The smallest absolute Gasteiger partial charge is 0.121 e. The van der Waals surface area contributed by atoms with E-state index in [0.29, 0.717) is 28.3 Å². The average molecular weight is 304 g/mol. The fourth-order valence-electron chi connectivity index (χ4n) is 8.52. The third-order valence-corrected chi connectivity index (χ3v) is 9.28. The first-order chi connectivity index (χ1) is 10.4. The van der Waals surface area contributed by atoms with Gasteiger partial charge in [-0.1, -0.05) is 27.2 Å². The fraction of sp³-hybridized carbons (Fsp3) is 1.00. The maximum atomic E-state index is 9.96. The molecule has 4 aliphatic carbocycles. The summed E-state index contributed by atoms with van der Waals surface area (Å²) in [5, 5.41) is 9.96. The van der Waals surface area contributed by atoms with Crippen molar-refractivity contribution in [1.29, 1.82) is 0 Å². The monoisotopic (exact) mass is 304 g/mol. The molecule has 1 N–H and O–H groups in total. The highest BCUT2D eigenvalue weighted by molar-refractivity contribution is 5.27. The van der Waals surface area contributed by atoms with Gasteiger partial charge in [0.05, 0.1) is 12.7 Å². The van der Waals surface area contributed by atoms with Crippen LogP contribution in [0.2, 0.25) is 0 Å². The van der Waals surface area contributed by atoms with Gasteiger partial charge in [-0.25, -0.2) is 0 Å². The van der Waals surface area contributed by atoms with Crippen molar-refractivity contribution in [1.82, 2.24) is 0 Å². The van der Waals surface area contributed by atoms with E-state index in [2.05, 4.69) is 20.8 Å². The zero-order valence-electron chi connectivity index (χ0n) is 14.5. The minimum Gasteiger partial charge on any atom is -0.393 e. The van der Waals surface area contributed by atoms with Crippen molar-refractivity contribution in [3.05, 3.63) is 0 Å². The van der Waals surface area contributed by atoms with E-state index in [1.54, 1.807) is 0 Å². The molecule has 0 radical (unpaired) electrons. The lowest BCUT2D eigenvalue weighted by atomic mass is 9.41. The van der Waals surface area contributed by atoms with Crippen LogP contribution in [0.4, 0.5) is 0 Å². The number of aliphatic hydroxyl groups is 1. The van der Waals surface area contributed by atoms with E-state index >= 15 is 0 Å². The summed E-state index contributed by atoms with van der Waals surface area (Å²) in [6.45, 7) is 7.95. The van der Waals surface area contributed by atoms with E-state index in [0.717, 1.165) is 11.8 Å². The lowest BCUT2D eigenvalue weighted by molar-refractivity contribution is -0.163. The van der Waals surface area contributed by atoms with Crippen LogP contribution in [0.3, 0.4) is 0 Å². The van der Waals surface area contributed by atoms with E-state index in [1.165, 1.54) is 51.4 Å². The second-order valence-electron chi connectivity index (χ2n) is 10.3. The van der Waals surface area contributed by atoms with Gasteiger partial charge in [-0.3, -0.25) is 0 Å². The number of rotatable bonds is 1. The molecule has 5 aliphatic rings. The van der Waals surface area contributed by atoms with Gasteiger partial charge < -0.3 is 9.84 Å². The second-order valence-corrected chi connectivity index (χ2v) is 10.3. The first-order valence-corrected chi connectivity index (χ1v) is 9.68. The van der Waals surface area contributed by atoms with Crippen LogP contribution in [0.25, 0.3) is 0 Å². The third-order valence-electron chi connectivity index (χ3n) is 9.28. The maximum absolute atomic E-state index is 9.96. The van der Waals surface area contributed by atoms with E-state index < -0.39 is 0 Å². The molecule has 2 bridgehead atoms. The lowest BCUT2D eigenvalue weighted by Crippen LogP contribution is -2.57. The highest BCUT2D eigenvalue weighted by atomic mass is 16.6. The van der Waals surface area contributed by atoms with Crippen LogP contribution in [-0.4, -0.2) is 23.4 Å². The van der Waals surface area contributed by atoms with Gasteiger partial charge in [-0.15, -0.1) is 0 Å². The molecule has 1 heterocycles. The van der Waals surface area contributed by atoms with Gasteiger partial charge >= 0.3 is 0 Å². The Morgan fingerprint density at radius 2 is 1.82 bits per heavy atom. The molecule has 5 fully saturated rings. The summed E-state index contributed by atoms with van der Waals surface area (Å²) >= 11 is 0. The minimum absolute atomic E-state index is 0.109. The number of hydrogen-bond acceptors (Lipinski definition) is 2. The van der Waals surface area contributed by atoms with Crippen LogP contribution >= 0.6 is 0 Å². The lowest BCUT2D eigenvalue weighted by Gasteiger charge is -2.64. The maximum Gasteiger partial charge on any atom is 0.121 e. The van der Waals surface area contributed by atoms with Gasteiger partial charge in [0, 0.05) is 5.41 Å². The summed E-state index contributed by atoms with van der Waals surface area (Å²) in [5.41, 5.74) is 1.34. The Morgan fingerprint density at radius 3 is 2.59 bits per heavy atom. The highest BCUT2D eigenvalue weighted by Crippen LogP contribution is 2.77. The molecule has 1 spiro atoms. The van der Waals surface area contributed by atoms with Crippen LogP contribution in [0.5, 0.6) is 0 Å². The topological polar surface area (TPSA) is 32.8 Å². The van der Waals surface area contributed by atoms with E-state index in [-0.39, 0.29) is 12.2 Å². The van der Waals surface area contributed by atoms with Gasteiger partial charge in [0.25, 0.3) is 0 Å². The zero-order valence-corrected chi connectivity index (χ0v) is 14.5. The second kappa shape index (κ2) is 3.94. The molecule has 0 aromatic heterocycles. The van der Waals surface area contributed by atoms with Gasteiger partial charge in [-0.2, -0.15) is 0 Å². The highest BCUT2D eigenvalue weighted by Gasteiger charge is 2.80. The molecule has 5 rings (SSSR count). The number of epoxide rings is 1. The molecular formula is C20H32O2. The van der Waals surface area contributed by atoms with Crippen molar-refractivity contribution >= 4 is 0 Å². The van der Waals surface area contributed by atoms with Crippen molar-refractivity contribution in [3.8, 4) is 0 Å². The molecule has 2 nitrogen and oxygen atoms in total. The predicted octanol–water partition coefficient (Wildman–Crippen LogP) is 4.16. The molecule has 0 amide bonds. The van der Waals surface area contributed by atoms with Crippen LogP contribution in [0.15, 0.2) is 0 Å². The van der Waals surface area contributed by atoms with Crippen molar-refractivity contribution in [2.75, 3.05) is 6.61 Å². The third kappa shape index (κ3) is 1.38. The zero-order chi connectivity index (χ0) is 15.4. The Labute approximate surface area is 135 Å². The molecule has 22 heavy (non-hydrogen) atoms. The molecule has 1 saturated heterocycles. The Morgan fingerprint density at radius 1 is 1.00 bits per heavy atom. The first kappa shape index (κ1) is 14.3. The molecular weight excluding hydrogens is 272 g/mol. The van der Waals surface area contributed by atoms with Crippen molar-refractivity contribution < 1.29 is 9.84 Å². The summed E-state index contributed by atoms with van der Waals surface area (Å²) in [5.74, 6) is 2.38. The molecule has 4 saturated carbocycles. The largest absolute Gasteiger partial charge is 0.393 e. The van der Waals surface area contributed by atoms with Gasteiger partial charge in [0.1, 0.15) is 5.60 Å². The molecule has 124 valence electrons. The molecule has 0 aromatic carbocycles. The van der Waals surface area contributed by atoms with Crippen LogP contribution in [0, 0.1) is 34.0 Å². The predicted molar refractivity (Wildman–Crippen MR) is 86.4 cm³/mol. The van der Waals surface area contributed by atoms with Crippen molar-refractivity contribution in [3.63, 3.8) is 0 Å². The van der Waals surface area contributed by atoms with E-state index in [9.17, 15) is 5.11 Å². The molecule has 2 unspecified atom stereocenters. The van der Waals surface area contributed by atoms with E-state index in [1.807, 2.05) is 0 Å². The Kier molecular flexibility index (Phi) is 2.56. The average Bonchev–Trinajstić information content (AvgIpc) is 3.18. The van der Waals surface area contributed by atoms with E-state index in [4.69, 9.17) is 4.74 Å². The van der Waals surface area contributed by atoms with Crippen LogP contribution < -0.4 is 0 Å². The van der Waals surface area contributed by atoms with Crippen molar-refractivity contribution in [2.24, 2.45) is 34.0 Å². The van der Waals surface area contributed by atoms with Gasteiger partial charge in [-0.05, 0) is 73.5 Å². The fourth-order valence-corrected chi connectivity index (χ4v) is 8.52.